The van der Waals surface area contributed by atoms with Crippen LogP contribution in [0.15, 0.2) is 150 Å². The first-order valence-electron chi connectivity index (χ1n) is 29.5. The molecule has 0 bridgehead atoms. The standard InChI is InChI=1S/C73H72BN3O/c1-68(2)34-35-69(3,4)53-39-45(28-29-51(53)68)75-60-43-55-54(70(5,6)36-37-71(55,7)8)42-57(60)74-56-30-31-64-65(49-22-13-16-27-63(49)78-64)67(56)76(58-26-19-23-48-47-21-12-11-20-44(47)38-50(48)58)62-41-46(40-61(75)66(62)74)77-59-25-15-14-24-52(59)72(9)32-17-18-33-73(72,77)10/h11-16,19-31,39-43H,17-18,32-38H2,1-10H3. The molecule has 5 heteroatoms. The van der Waals surface area contributed by atoms with Gasteiger partial charge in [-0.2, -0.15) is 0 Å². The van der Waals surface area contributed by atoms with Crippen molar-refractivity contribution in [2.75, 3.05) is 14.7 Å². The maximum atomic E-state index is 6.97. The minimum absolute atomic E-state index is 0.00834. The van der Waals surface area contributed by atoms with E-state index in [1.807, 2.05) is 0 Å². The van der Waals surface area contributed by atoms with E-state index in [-0.39, 0.29) is 39.3 Å². The van der Waals surface area contributed by atoms with Gasteiger partial charge in [-0.1, -0.05) is 166 Å². The molecule has 4 heterocycles. The van der Waals surface area contributed by atoms with Crippen LogP contribution in [0.3, 0.4) is 0 Å². The van der Waals surface area contributed by atoms with Crippen molar-refractivity contribution in [3.63, 3.8) is 0 Å². The first-order chi connectivity index (χ1) is 37.4. The van der Waals surface area contributed by atoms with Gasteiger partial charge >= 0.3 is 0 Å². The van der Waals surface area contributed by atoms with Crippen LogP contribution in [0.4, 0.5) is 45.5 Å². The summed E-state index contributed by atoms with van der Waals surface area (Å²) in [5, 5.41) is 2.35. The molecule has 2 atom stereocenters. The van der Waals surface area contributed by atoms with Crippen molar-refractivity contribution < 1.29 is 4.42 Å². The quantitative estimate of drug-likeness (QED) is 0.165. The molecular weight excluding hydrogens is 946 g/mol. The SMILES string of the molecule is CC1(C)CCC(C)(C)c2cc(N3c4cc5c(cc4B4c6ccc7oc8ccccc8c7c6N(c6cccc7c6Cc6ccccc6-7)c6cc(N7c8ccccc8C8(C)CCCCC78C)cc3c64)C(C)(C)CCC5(C)C)ccc21. The third-order valence-corrected chi connectivity index (χ3v) is 22.0. The fourth-order valence-electron chi connectivity index (χ4n) is 17.2. The summed E-state index contributed by atoms with van der Waals surface area (Å²) in [6.45, 7) is 25.1. The number of hydrogen-bond acceptors (Lipinski definition) is 4. The van der Waals surface area contributed by atoms with Crippen molar-refractivity contribution in [1.82, 2.24) is 0 Å². The molecule has 9 aromatic rings. The van der Waals surface area contributed by atoms with Crippen molar-refractivity contribution in [3.8, 4) is 11.1 Å². The summed E-state index contributed by atoms with van der Waals surface area (Å²) in [7, 11) is 0. The molecule has 4 nitrogen and oxygen atoms in total. The molecule has 2 unspecified atom stereocenters. The normalized spacial score (nSPS) is 22.9. The van der Waals surface area contributed by atoms with E-state index < -0.39 is 0 Å². The number of benzene rings is 8. The van der Waals surface area contributed by atoms with Crippen LogP contribution in [0, 0.1) is 0 Å². The topological polar surface area (TPSA) is 22.9 Å². The first-order valence-corrected chi connectivity index (χ1v) is 29.5. The Bertz CT molecular complexity index is 4110. The molecule has 0 saturated heterocycles. The van der Waals surface area contributed by atoms with Crippen LogP contribution < -0.4 is 31.1 Å². The van der Waals surface area contributed by atoms with E-state index >= 15 is 0 Å². The molecule has 0 radical (unpaired) electrons. The second-order valence-corrected chi connectivity index (χ2v) is 28.0. The Balaban J connectivity index is 1.08. The molecule has 1 aromatic heterocycles. The monoisotopic (exact) mass is 1020 g/mol. The molecule has 0 N–H and O–H groups in total. The Kier molecular flexibility index (Phi) is 9.31. The van der Waals surface area contributed by atoms with Gasteiger partial charge in [0.05, 0.1) is 22.3 Å². The van der Waals surface area contributed by atoms with Crippen LogP contribution in [0.2, 0.25) is 0 Å². The van der Waals surface area contributed by atoms with Gasteiger partial charge in [0.15, 0.2) is 0 Å². The summed E-state index contributed by atoms with van der Waals surface area (Å²) < 4.78 is 6.97. The van der Waals surface area contributed by atoms with Crippen LogP contribution in [-0.4, -0.2) is 12.3 Å². The van der Waals surface area contributed by atoms with Gasteiger partial charge < -0.3 is 19.1 Å². The first kappa shape index (κ1) is 47.1. The highest BCUT2D eigenvalue weighted by Crippen LogP contribution is 2.63. The van der Waals surface area contributed by atoms with Crippen LogP contribution in [-0.2, 0) is 33.5 Å². The second-order valence-electron chi connectivity index (χ2n) is 28.0. The van der Waals surface area contributed by atoms with Crippen molar-refractivity contribution >= 4 is 90.5 Å². The lowest BCUT2D eigenvalue weighted by molar-refractivity contribution is 0.195. The second kappa shape index (κ2) is 15.4. The highest BCUT2D eigenvalue weighted by molar-refractivity contribution is 7.00. The average Bonchev–Trinajstić information content (AvgIpc) is 2.76. The minimum Gasteiger partial charge on any atom is -0.456 e. The maximum Gasteiger partial charge on any atom is 0.252 e. The van der Waals surface area contributed by atoms with E-state index in [1.165, 1.54) is 143 Å². The summed E-state index contributed by atoms with van der Waals surface area (Å²) in [6.07, 6.45) is 10.3. The number of anilines is 8. The summed E-state index contributed by atoms with van der Waals surface area (Å²) in [5.74, 6) is 0. The molecule has 0 amide bonds. The van der Waals surface area contributed by atoms with E-state index in [0.717, 1.165) is 48.7 Å². The lowest BCUT2D eigenvalue weighted by atomic mass is 9.33. The molecule has 1 fully saturated rings. The zero-order valence-electron chi connectivity index (χ0n) is 47.5. The smallest absolute Gasteiger partial charge is 0.252 e. The third kappa shape index (κ3) is 6.04. The van der Waals surface area contributed by atoms with Gasteiger partial charge in [-0.15, -0.1) is 0 Å². The molecule has 4 aliphatic carbocycles. The van der Waals surface area contributed by atoms with E-state index in [2.05, 4.69) is 230 Å². The van der Waals surface area contributed by atoms with Crippen molar-refractivity contribution in [2.45, 2.75) is 160 Å². The Hall–Kier alpha value is -6.98. The molecule has 78 heavy (non-hydrogen) atoms. The zero-order chi connectivity index (χ0) is 53.2. The van der Waals surface area contributed by atoms with Gasteiger partial charge in [0.25, 0.3) is 6.71 Å². The summed E-state index contributed by atoms with van der Waals surface area (Å²) in [4.78, 5) is 8.36. The molecule has 16 rings (SSSR count). The van der Waals surface area contributed by atoms with Gasteiger partial charge in [-0.05, 0) is 188 Å². The third-order valence-electron chi connectivity index (χ3n) is 22.0. The lowest BCUT2D eigenvalue weighted by Crippen LogP contribution is -2.62. The number of hydrogen-bond donors (Lipinski definition) is 0. The Morgan fingerprint density at radius 2 is 1.08 bits per heavy atom. The van der Waals surface area contributed by atoms with Crippen molar-refractivity contribution in [2.24, 2.45) is 0 Å². The maximum absolute atomic E-state index is 6.97. The zero-order valence-corrected chi connectivity index (χ0v) is 47.5. The minimum atomic E-state index is -0.149. The molecule has 1 saturated carbocycles. The molecule has 388 valence electrons. The van der Waals surface area contributed by atoms with Gasteiger partial charge in [0.1, 0.15) is 11.2 Å². The predicted octanol–water partition coefficient (Wildman–Crippen LogP) is 17.7. The van der Waals surface area contributed by atoms with E-state index in [0.29, 0.717) is 0 Å². The Labute approximate surface area is 462 Å². The van der Waals surface area contributed by atoms with E-state index in [4.69, 9.17) is 4.42 Å². The Morgan fingerprint density at radius 1 is 0.436 bits per heavy atom. The van der Waals surface area contributed by atoms with Crippen LogP contribution in [0.5, 0.6) is 0 Å². The van der Waals surface area contributed by atoms with Crippen LogP contribution >= 0.6 is 0 Å². The predicted molar refractivity (Wildman–Crippen MR) is 329 cm³/mol. The van der Waals surface area contributed by atoms with E-state index in [9.17, 15) is 0 Å². The summed E-state index contributed by atoms with van der Waals surface area (Å²) >= 11 is 0. The van der Waals surface area contributed by atoms with Crippen LogP contribution in [0.1, 0.15) is 160 Å². The molecule has 3 aliphatic heterocycles. The largest absolute Gasteiger partial charge is 0.456 e. The van der Waals surface area contributed by atoms with Crippen molar-refractivity contribution in [3.05, 3.63) is 185 Å². The fourth-order valence-corrected chi connectivity index (χ4v) is 17.2. The van der Waals surface area contributed by atoms with Gasteiger partial charge in [0, 0.05) is 51.3 Å². The number of furan rings is 1. The van der Waals surface area contributed by atoms with E-state index in [1.54, 1.807) is 0 Å². The highest BCUT2D eigenvalue weighted by atomic mass is 16.3. The average molecular weight is 1020 g/mol. The highest BCUT2D eigenvalue weighted by Gasteiger charge is 2.58. The Morgan fingerprint density at radius 3 is 1.87 bits per heavy atom. The summed E-state index contributed by atoms with van der Waals surface area (Å²) in [6, 6.07) is 57.6. The molecule has 8 aromatic carbocycles. The van der Waals surface area contributed by atoms with Gasteiger partial charge in [-0.3, -0.25) is 0 Å². The van der Waals surface area contributed by atoms with Gasteiger partial charge in [0.2, 0.25) is 0 Å². The molecule has 0 spiro atoms. The number of para-hydroxylation sites is 2. The fraction of sp³-hybridized carbons (Fsp3) is 0.342. The summed E-state index contributed by atoms with van der Waals surface area (Å²) in [5.41, 5.74) is 29.1. The molecule has 7 aliphatic rings. The van der Waals surface area contributed by atoms with Gasteiger partial charge in [-0.25, -0.2) is 0 Å². The van der Waals surface area contributed by atoms with Crippen LogP contribution in [0.25, 0.3) is 33.1 Å². The molecular formula is C73H72BN3O. The van der Waals surface area contributed by atoms with Crippen molar-refractivity contribution in [1.29, 1.82) is 0 Å². The number of nitrogens with zero attached hydrogens (tertiary/aromatic N) is 3. The number of rotatable bonds is 3. The number of fused-ring (bicyclic) bond motifs is 16. The lowest BCUT2D eigenvalue weighted by Gasteiger charge is -2.51.